The highest BCUT2D eigenvalue weighted by atomic mass is 79.9. The maximum atomic E-state index is 14.6. The van der Waals surface area contributed by atoms with Crippen molar-refractivity contribution in [1.82, 2.24) is 20.0 Å². The smallest absolute Gasteiger partial charge is 0.394 e. The van der Waals surface area contributed by atoms with Crippen LogP contribution in [0.3, 0.4) is 0 Å². The molecular formula is C25H23BrClF5N6O3S. The van der Waals surface area contributed by atoms with E-state index in [4.69, 9.17) is 28.6 Å². The fraction of sp³-hybridized carbons (Fsp3) is 0.360. The first-order chi connectivity index (χ1) is 19.8. The molecule has 0 radical (unpaired) electrons. The molecular weight excluding hydrogens is 675 g/mol. The summed E-state index contributed by atoms with van der Waals surface area (Å²) in [4.78, 5) is 1.13. The minimum absolute atomic E-state index is 0.0326. The maximum Gasteiger partial charge on any atom is 0.418 e. The zero-order valence-electron chi connectivity index (χ0n) is 21.8. The largest absolute Gasteiger partial charge is 0.418 e. The van der Waals surface area contributed by atoms with E-state index in [2.05, 4.69) is 31.3 Å². The molecule has 17 heteroatoms. The monoisotopic (exact) mass is 696 g/mol. The van der Waals surface area contributed by atoms with E-state index in [0.29, 0.717) is 0 Å². The van der Waals surface area contributed by atoms with Gasteiger partial charge in [0.25, 0.3) is 0 Å². The molecule has 2 heterocycles. The van der Waals surface area contributed by atoms with Crippen LogP contribution < -0.4 is 4.90 Å². The molecule has 1 fully saturated rings. The van der Waals surface area contributed by atoms with Gasteiger partial charge in [0, 0.05) is 31.1 Å². The summed E-state index contributed by atoms with van der Waals surface area (Å²) in [5, 5.41) is 34.4. The van der Waals surface area contributed by atoms with Gasteiger partial charge in [0.2, 0.25) is 0 Å². The zero-order chi connectivity index (χ0) is 30.9. The molecule has 9 nitrogen and oxygen atoms in total. The molecule has 226 valence electrons. The standard InChI is InChI=1S/C25H23BrClF5N6O3S/c1-36(11-42)34-24(37(2)17-7-12(27)3-5-14(17)25(30,31)32)19-8-18(23(40)20(10-39)41-19)38-9-16(33-35-38)13-4-6-15(26)22(29)21(13)28/h3-7,9,11,18-20,23,39-40H,8,10H2,1-2H3/b34-24-. The Kier molecular flexibility index (Phi) is 9.84. The summed E-state index contributed by atoms with van der Waals surface area (Å²) in [6.07, 6.45) is -7.34. The normalized spacial score (nSPS) is 21.4. The van der Waals surface area contributed by atoms with Crippen molar-refractivity contribution < 1.29 is 36.9 Å². The Morgan fingerprint density at radius 1 is 1.26 bits per heavy atom. The van der Waals surface area contributed by atoms with Gasteiger partial charge in [0.15, 0.2) is 17.5 Å². The predicted octanol–water partition coefficient (Wildman–Crippen LogP) is 5.05. The topological polar surface area (TPSA) is 99.2 Å². The Morgan fingerprint density at radius 2 is 1.98 bits per heavy atom. The summed E-state index contributed by atoms with van der Waals surface area (Å²) in [5.74, 6) is -2.36. The van der Waals surface area contributed by atoms with Gasteiger partial charge in [-0.1, -0.05) is 29.0 Å². The fourth-order valence-electron chi connectivity index (χ4n) is 4.50. The number of aromatic nitrogens is 3. The maximum absolute atomic E-state index is 14.6. The lowest BCUT2D eigenvalue weighted by atomic mass is 9.94. The van der Waals surface area contributed by atoms with Crippen LogP contribution in [-0.2, 0) is 10.9 Å². The molecule has 1 aromatic heterocycles. The van der Waals surface area contributed by atoms with E-state index in [1.165, 1.54) is 42.1 Å². The highest BCUT2D eigenvalue weighted by molar-refractivity contribution is 9.10. The number of amidine groups is 1. The van der Waals surface area contributed by atoms with E-state index in [9.17, 15) is 32.2 Å². The third-order valence-electron chi connectivity index (χ3n) is 6.58. The molecule has 1 aliphatic rings. The number of thiocarbonyl (C=S) groups is 1. The third kappa shape index (κ3) is 6.58. The zero-order valence-corrected chi connectivity index (χ0v) is 25.0. The number of hydrogen-bond acceptors (Lipinski definition) is 7. The predicted molar refractivity (Wildman–Crippen MR) is 152 cm³/mol. The van der Waals surface area contributed by atoms with Crippen LogP contribution in [0.15, 0.2) is 46.1 Å². The average Bonchev–Trinajstić information content (AvgIpc) is 3.43. The molecule has 42 heavy (non-hydrogen) atoms. The minimum atomic E-state index is -4.74. The number of rotatable bonds is 7. The molecule has 0 saturated carbocycles. The van der Waals surface area contributed by atoms with Crippen molar-refractivity contribution in [3.8, 4) is 11.3 Å². The van der Waals surface area contributed by atoms with Crippen LogP contribution in [0.4, 0.5) is 27.6 Å². The van der Waals surface area contributed by atoms with Crippen molar-refractivity contribution in [3.05, 3.63) is 63.2 Å². The lowest BCUT2D eigenvalue weighted by Crippen LogP contribution is -2.53. The average molecular weight is 698 g/mol. The highest BCUT2D eigenvalue weighted by Gasteiger charge is 2.43. The number of alkyl halides is 3. The fourth-order valence-corrected chi connectivity index (χ4v) is 5.02. The Labute approximate surface area is 255 Å². The van der Waals surface area contributed by atoms with Crippen molar-refractivity contribution in [3.63, 3.8) is 0 Å². The van der Waals surface area contributed by atoms with Gasteiger partial charge in [0.1, 0.15) is 24.0 Å². The molecule has 0 aliphatic carbocycles. The Morgan fingerprint density at radius 3 is 2.62 bits per heavy atom. The van der Waals surface area contributed by atoms with Crippen LogP contribution in [0.5, 0.6) is 0 Å². The summed E-state index contributed by atoms with van der Waals surface area (Å²) >= 11 is 13.9. The molecule has 1 aliphatic heterocycles. The molecule has 0 spiro atoms. The SMILES string of the molecule is CN(C=S)/N=C(/C1CC(n2cc(-c3ccc(Br)c(F)c3F)nn2)C(O)C(CO)O1)N(C)c1cc(Cl)ccc1C(F)(F)F. The number of likely N-dealkylation sites (N-methyl/N-ethyl adjacent to an activating group) is 1. The highest BCUT2D eigenvalue weighted by Crippen LogP contribution is 2.39. The number of aliphatic hydroxyl groups is 2. The Bertz CT molecular complexity index is 1500. The van der Waals surface area contributed by atoms with E-state index in [0.717, 1.165) is 28.6 Å². The molecule has 0 bridgehead atoms. The van der Waals surface area contributed by atoms with Crippen LogP contribution in [-0.4, -0.2) is 80.6 Å². The molecule has 1 saturated heterocycles. The summed E-state index contributed by atoms with van der Waals surface area (Å²) in [5.41, 5.74) is -0.430. The second kappa shape index (κ2) is 12.9. The first-order valence-electron chi connectivity index (χ1n) is 12.1. The molecule has 2 N–H and O–H groups in total. The van der Waals surface area contributed by atoms with E-state index in [-0.39, 0.29) is 38.7 Å². The van der Waals surface area contributed by atoms with Crippen LogP contribution in [0.2, 0.25) is 5.02 Å². The van der Waals surface area contributed by atoms with Gasteiger partial charge >= 0.3 is 6.18 Å². The second-order valence-electron chi connectivity index (χ2n) is 9.30. The van der Waals surface area contributed by atoms with Gasteiger partial charge in [0.05, 0.1) is 40.1 Å². The molecule has 4 atom stereocenters. The minimum Gasteiger partial charge on any atom is -0.394 e. The number of hydrogen-bond donors (Lipinski definition) is 2. The lowest BCUT2D eigenvalue weighted by Gasteiger charge is -2.41. The van der Waals surface area contributed by atoms with Crippen LogP contribution in [0.25, 0.3) is 11.3 Å². The Hall–Kier alpha value is -2.76. The number of ether oxygens (including phenoxy) is 1. The van der Waals surface area contributed by atoms with Gasteiger partial charge in [-0.2, -0.15) is 18.3 Å². The van der Waals surface area contributed by atoms with Gasteiger partial charge in [-0.3, -0.25) is 5.01 Å². The number of hydrazone groups is 1. The summed E-state index contributed by atoms with van der Waals surface area (Å²) in [6.45, 7) is -0.673. The van der Waals surface area contributed by atoms with Crippen molar-refractivity contribution >= 4 is 56.8 Å². The van der Waals surface area contributed by atoms with E-state index in [1.54, 1.807) is 0 Å². The van der Waals surface area contributed by atoms with Crippen LogP contribution >= 0.6 is 39.7 Å². The molecule has 4 unspecified atom stereocenters. The number of halogens is 7. The van der Waals surface area contributed by atoms with Crippen molar-refractivity contribution in [1.29, 1.82) is 0 Å². The van der Waals surface area contributed by atoms with E-state index >= 15 is 0 Å². The second-order valence-corrected chi connectivity index (χ2v) is 10.8. The van der Waals surface area contributed by atoms with E-state index in [1.807, 2.05) is 0 Å². The quantitative estimate of drug-likeness (QED) is 0.0885. The first-order valence-corrected chi connectivity index (χ1v) is 13.8. The van der Waals surface area contributed by atoms with E-state index < -0.39 is 54.3 Å². The number of benzene rings is 2. The molecule has 4 rings (SSSR count). The van der Waals surface area contributed by atoms with Crippen molar-refractivity contribution in [2.75, 3.05) is 25.6 Å². The number of nitrogens with zero attached hydrogens (tertiary/aromatic N) is 6. The summed E-state index contributed by atoms with van der Waals surface area (Å²) in [6, 6.07) is 4.66. The first kappa shape index (κ1) is 32.2. The summed E-state index contributed by atoms with van der Waals surface area (Å²) < 4.78 is 77.6. The van der Waals surface area contributed by atoms with Crippen molar-refractivity contribution in [2.24, 2.45) is 5.10 Å². The van der Waals surface area contributed by atoms with Gasteiger partial charge in [-0.15, -0.1) is 5.10 Å². The molecule has 3 aromatic rings. The Balaban J connectivity index is 1.76. The molecule has 0 amide bonds. The lowest BCUT2D eigenvalue weighted by molar-refractivity contribution is -0.138. The number of aliphatic hydroxyl groups excluding tert-OH is 2. The van der Waals surface area contributed by atoms with Gasteiger partial charge < -0.3 is 19.8 Å². The number of anilines is 1. The van der Waals surface area contributed by atoms with Gasteiger partial charge in [-0.25, -0.2) is 13.5 Å². The van der Waals surface area contributed by atoms with Crippen LogP contribution in [0, 0.1) is 11.6 Å². The van der Waals surface area contributed by atoms with Crippen molar-refractivity contribution in [2.45, 2.75) is 37.0 Å². The summed E-state index contributed by atoms with van der Waals surface area (Å²) in [7, 11) is 2.78. The van der Waals surface area contributed by atoms with Crippen LogP contribution in [0.1, 0.15) is 18.0 Å². The van der Waals surface area contributed by atoms with Gasteiger partial charge in [-0.05, 0) is 46.3 Å². The third-order valence-corrected chi connectivity index (χ3v) is 7.73. The molecule has 2 aromatic carbocycles.